The summed E-state index contributed by atoms with van der Waals surface area (Å²) >= 11 is 0. The molecule has 0 unspecified atom stereocenters. The first-order valence-electron chi connectivity index (χ1n) is 7.48. The highest BCUT2D eigenvalue weighted by Crippen LogP contribution is 2.18. The van der Waals surface area contributed by atoms with E-state index in [9.17, 15) is 0 Å². The van der Waals surface area contributed by atoms with Crippen molar-refractivity contribution < 1.29 is 4.74 Å². The minimum absolute atomic E-state index is 0.823. The molecule has 1 saturated heterocycles. The zero-order chi connectivity index (χ0) is 14.3. The average molecular weight is 283 g/mol. The summed E-state index contributed by atoms with van der Waals surface area (Å²) in [7, 11) is 0. The van der Waals surface area contributed by atoms with E-state index in [4.69, 9.17) is 4.74 Å². The molecule has 1 aromatic carbocycles. The summed E-state index contributed by atoms with van der Waals surface area (Å²) in [4.78, 5) is 6.69. The molecule has 0 radical (unpaired) electrons. The maximum absolute atomic E-state index is 5.38. The fourth-order valence-electron chi connectivity index (χ4n) is 2.49. The Kier molecular flexibility index (Phi) is 4.69. The summed E-state index contributed by atoms with van der Waals surface area (Å²) in [5, 5.41) is 3.44. The van der Waals surface area contributed by atoms with E-state index in [1.165, 1.54) is 5.69 Å². The van der Waals surface area contributed by atoms with E-state index < -0.39 is 0 Å². The van der Waals surface area contributed by atoms with Crippen LogP contribution in [-0.2, 0) is 11.2 Å². The normalized spacial score (nSPS) is 15.0. The largest absolute Gasteiger partial charge is 0.385 e. The Balaban J connectivity index is 1.50. The molecular formula is C17H21N3O. The number of pyridine rings is 1. The van der Waals surface area contributed by atoms with Crippen molar-refractivity contribution in [2.45, 2.75) is 6.42 Å². The summed E-state index contributed by atoms with van der Waals surface area (Å²) in [5.41, 5.74) is 3.55. The number of nitrogens with zero attached hydrogens (tertiary/aromatic N) is 2. The van der Waals surface area contributed by atoms with E-state index in [0.717, 1.165) is 50.7 Å². The fraction of sp³-hybridized carbons (Fsp3) is 0.353. The molecule has 4 heteroatoms. The molecule has 1 aromatic heterocycles. The third-order valence-corrected chi connectivity index (χ3v) is 3.68. The number of anilines is 2. The number of hydrogen-bond acceptors (Lipinski definition) is 4. The molecular weight excluding hydrogens is 262 g/mol. The number of aromatic nitrogens is 1. The molecule has 2 aromatic rings. The van der Waals surface area contributed by atoms with E-state index >= 15 is 0 Å². The summed E-state index contributed by atoms with van der Waals surface area (Å²) in [6, 6.07) is 14.7. The van der Waals surface area contributed by atoms with Gasteiger partial charge in [0, 0.05) is 49.3 Å². The number of benzene rings is 1. The van der Waals surface area contributed by atoms with Crippen LogP contribution >= 0.6 is 0 Å². The topological polar surface area (TPSA) is 37.4 Å². The highest BCUT2D eigenvalue weighted by atomic mass is 16.5. The number of ether oxygens (including phenoxy) is 1. The van der Waals surface area contributed by atoms with Crippen LogP contribution in [0.5, 0.6) is 0 Å². The third kappa shape index (κ3) is 3.95. The van der Waals surface area contributed by atoms with Gasteiger partial charge in [-0.05, 0) is 36.4 Å². The maximum Gasteiger partial charge on any atom is 0.0642 e. The van der Waals surface area contributed by atoms with E-state index in [1.54, 1.807) is 0 Å². The molecule has 1 aliphatic rings. The van der Waals surface area contributed by atoms with Crippen LogP contribution in [0.3, 0.4) is 0 Å². The molecule has 1 aliphatic heterocycles. The van der Waals surface area contributed by atoms with Gasteiger partial charge in [0.05, 0.1) is 13.2 Å². The van der Waals surface area contributed by atoms with Crippen LogP contribution in [0.4, 0.5) is 11.4 Å². The lowest BCUT2D eigenvalue weighted by Crippen LogP contribution is -2.36. The first-order chi connectivity index (χ1) is 10.4. The van der Waals surface area contributed by atoms with Crippen LogP contribution in [0.1, 0.15) is 5.69 Å². The molecule has 110 valence electrons. The lowest BCUT2D eigenvalue weighted by molar-refractivity contribution is 0.122. The molecule has 0 bridgehead atoms. The summed E-state index contributed by atoms with van der Waals surface area (Å²) in [6.07, 6.45) is 2.78. The minimum atomic E-state index is 0.823. The average Bonchev–Trinajstić information content (AvgIpc) is 2.57. The highest BCUT2D eigenvalue weighted by Gasteiger charge is 2.10. The molecule has 0 amide bonds. The SMILES string of the molecule is c1ccc(CCNc2ccc(N3CCOCC3)cc2)nc1. The second kappa shape index (κ2) is 7.09. The number of morpholine rings is 1. The Hall–Kier alpha value is -2.07. The zero-order valence-electron chi connectivity index (χ0n) is 12.2. The predicted octanol–water partition coefficient (Wildman–Crippen LogP) is 2.57. The van der Waals surface area contributed by atoms with Crippen LogP contribution in [0.2, 0.25) is 0 Å². The monoisotopic (exact) mass is 283 g/mol. The van der Waals surface area contributed by atoms with Crippen molar-refractivity contribution >= 4 is 11.4 Å². The van der Waals surface area contributed by atoms with Crippen LogP contribution in [0, 0.1) is 0 Å². The van der Waals surface area contributed by atoms with Crippen molar-refractivity contribution in [3.8, 4) is 0 Å². The quantitative estimate of drug-likeness (QED) is 0.915. The van der Waals surface area contributed by atoms with Crippen LogP contribution < -0.4 is 10.2 Å². The second-order valence-corrected chi connectivity index (χ2v) is 5.14. The number of hydrogen-bond donors (Lipinski definition) is 1. The zero-order valence-corrected chi connectivity index (χ0v) is 12.2. The van der Waals surface area contributed by atoms with E-state index in [-0.39, 0.29) is 0 Å². The van der Waals surface area contributed by atoms with Gasteiger partial charge in [-0.25, -0.2) is 0 Å². The van der Waals surface area contributed by atoms with Crippen LogP contribution in [0.15, 0.2) is 48.7 Å². The fourth-order valence-corrected chi connectivity index (χ4v) is 2.49. The molecule has 2 heterocycles. The van der Waals surface area contributed by atoms with Crippen molar-refractivity contribution in [1.82, 2.24) is 4.98 Å². The van der Waals surface area contributed by atoms with Crippen molar-refractivity contribution in [1.29, 1.82) is 0 Å². The molecule has 0 aliphatic carbocycles. The lowest BCUT2D eigenvalue weighted by Gasteiger charge is -2.28. The maximum atomic E-state index is 5.38. The predicted molar refractivity (Wildman–Crippen MR) is 85.9 cm³/mol. The second-order valence-electron chi connectivity index (χ2n) is 5.14. The van der Waals surface area contributed by atoms with Crippen molar-refractivity contribution in [3.63, 3.8) is 0 Å². The molecule has 0 saturated carbocycles. The Morgan fingerprint density at radius 3 is 2.57 bits per heavy atom. The van der Waals surface area contributed by atoms with Gasteiger partial charge < -0.3 is 15.0 Å². The first kappa shape index (κ1) is 13.9. The Bertz CT molecular complexity index is 536. The van der Waals surface area contributed by atoms with Crippen LogP contribution in [0.25, 0.3) is 0 Å². The van der Waals surface area contributed by atoms with Gasteiger partial charge in [-0.1, -0.05) is 6.07 Å². The molecule has 0 atom stereocenters. The van der Waals surface area contributed by atoms with Crippen molar-refractivity contribution in [2.75, 3.05) is 43.1 Å². The van der Waals surface area contributed by atoms with Crippen molar-refractivity contribution in [2.24, 2.45) is 0 Å². The molecule has 1 fully saturated rings. The molecule has 21 heavy (non-hydrogen) atoms. The summed E-state index contributed by atoms with van der Waals surface area (Å²) in [6.45, 7) is 4.50. The Morgan fingerprint density at radius 2 is 1.86 bits per heavy atom. The Morgan fingerprint density at radius 1 is 1.05 bits per heavy atom. The van der Waals surface area contributed by atoms with Gasteiger partial charge in [0.1, 0.15) is 0 Å². The first-order valence-corrected chi connectivity index (χ1v) is 7.48. The van der Waals surface area contributed by atoms with Gasteiger partial charge in [-0.2, -0.15) is 0 Å². The third-order valence-electron chi connectivity index (χ3n) is 3.68. The van der Waals surface area contributed by atoms with Crippen molar-refractivity contribution in [3.05, 3.63) is 54.4 Å². The molecule has 4 nitrogen and oxygen atoms in total. The molecule has 3 rings (SSSR count). The summed E-state index contributed by atoms with van der Waals surface area (Å²) < 4.78 is 5.38. The van der Waals surface area contributed by atoms with E-state index in [2.05, 4.69) is 45.5 Å². The van der Waals surface area contributed by atoms with Gasteiger partial charge in [-0.3, -0.25) is 4.98 Å². The van der Waals surface area contributed by atoms with E-state index in [0.29, 0.717) is 0 Å². The van der Waals surface area contributed by atoms with Gasteiger partial charge in [0.25, 0.3) is 0 Å². The van der Waals surface area contributed by atoms with Gasteiger partial charge in [-0.15, -0.1) is 0 Å². The number of nitrogens with one attached hydrogen (secondary N) is 1. The van der Waals surface area contributed by atoms with E-state index in [1.807, 2.05) is 18.3 Å². The summed E-state index contributed by atoms with van der Waals surface area (Å²) in [5.74, 6) is 0. The molecule has 0 spiro atoms. The van der Waals surface area contributed by atoms with Gasteiger partial charge in [0.2, 0.25) is 0 Å². The number of rotatable bonds is 5. The minimum Gasteiger partial charge on any atom is -0.385 e. The smallest absolute Gasteiger partial charge is 0.0642 e. The van der Waals surface area contributed by atoms with Gasteiger partial charge in [0.15, 0.2) is 0 Å². The van der Waals surface area contributed by atoms with Gasteiger partial charge >= 0.3 is 0 Å². The Labute approximate surface area is 125 Å². The van der Waals surface area contributed by atoms with Crippen LogP contribution in [-0.4, -0.2) is 37.8 Å². The highest BCUT2D eigenvalue weighted by molar-refractivity contribution is 5.55. The lowest BCUT2D eigenvalue weighted by atomic mass is 10.2. The standard InChI is InChI=1S/C17H21N3O/c1-2-9-18-15(3-1)8-10-19-16-4-6-17(7-5-16)20-11-13-21-14-12-20/h1-7,9,19H,8,10-14H2. The molecule has 1 N–H and O–H groups in total.